The fraction of sp³-hybridized carbons (Fsp3) is 0.556. The average molecular weight is 362 g/mol. The van der Waals surface area contributed by atoms with E-state index in [1.54, 1.807) is 17.0 Å². The van der Waals surface area contributed by atoms with Crippen LogP contribution in [0.5, 0.6) is 17.2 Å². The lowest BCUT2D eigenvalue weighted by Crippen LogP contribution is -2.45. The molecule has 0 atom stereocenters. The van der Waals surface area contributed by atoms with E-state index in [0.29, 0.717) is 34.7 Å². The highest BCUT2D eigenvalue weighted by Gasteiger charge is 2.20. The molecule has 8 nitrogen and oxygen atoms in total. The van der Waals surface area contributed by atoms with Crippen molar-refractivity contribution in [1.29, 1.82) is 0 Å². The summed E-state index contributed by atoms with van der Waals surface area (Å²) < 4.78 is 17.8. The predicted octanol–water partition coefficient (Wildman–Crippen LogP) is 0.670. The summed E-state index contributed by atoms with van der Waals surface area (Å²) in [4.78, 5) is 22.1. The molecule has 1 fully saturated rings. The number of methoxy groups -OCH3 is 3. The molecule has 0 unspecified atom stereocenters. The lowest BCUT2D eigenvalue weighted by atomic mass is 10.2. The summed E-state index contributed by atoms with van der Waals surface area (Å²) >= 11 is 0. The van der Waals surface area contributed by atoms with E-state index < -0.39 is 0 Å². The van der Waals surface area contributed by atoms with Gasteiger partial charge >= 0.3 is 0 Å². The summed E-state index contributed by atoms with van der Waals surface area (Å²) in [6.07, 6.45) is 1.58. The van der Waals surface area contributed by atoms with Gasteiger partial charge in [0, 0.05) is 39.3 Å². The van der Waals surface area contributed by atoms with Crippen LogP contribution in [-0.2, 0) is 6.54 Å². The molecule has 0 N–H and O–H groups in total. The second-order valence-electron chi connectivity index (χ2n) is 6.43. The molecule has 1 saturated heterocycles. The van der Waals surface area contributed by atoms with Crippen molar-refractivity contribution in [3.63, 3.8) is 0 Å². The molecule has 1 aromatic heterocycles. The monoisotopic (exact) mass is 362 g/mol. The average Bonchev–Trinajstić information content (AvgIpc) is 2.67. The van der Waals surface area contributed by atoms with Gasteiger partial charge in [-0.2, -0.15) is 0 Å². The Morgan fingerprint density at radius 1 is 1.00 bits per heavy atom. The van der Waals surface area contributed by atoms with Gasteiger partial charge in [0.1, 0.15) is 5.52 Å². The number of fused-ring (bicyclic) bond motifs is 1. The van der Waals surface area contributed by atoms with Crippen LogP contribution in [0.2, 0.25) is 0 Å². The van der Waals surface area contributed by atoms with Gasteiger partial charge < -0.3 is 19.1 Å². The summed E-state index contributed by atoms with van der Waals surface area (Å²) in [6, 6.07) is 1.67. The number of likely N-dealkylation sites (N-methyl/N-ethyl adjacent to an activating group) is 1. The van der Waals surface area contributed by atoms with Crippen molar-refractivity contribution in [2.24, 2.45) is 0 Å². The second-order valence-corrected chi connectivity index (χ2v) is 6.43. The quantitative estimate of drug-likeness (QED) is 0.748. The first-order valence-corrected chi connectivity index (χ1v) is 8.68. The van der Waals surface area contributed by atoms with E-state index in [2.05, 4.69) is 21.8 Å². The molecule has 0 amide bonds. The van der Waals surface area contributed by atoms with Gasteiger partial charge in [0.25, 0.3) is 5.56 Å². The van der Waals surface area contributed by atoms with E-state index in [9.17, 15) is 4.79 Å². The number of rotatable bonds is 6. The van der Waals surface area contributed by atoms with Crippen molar-refractivity contribution in [1.82, 2.24) is 19.4 Å². The van der Waals surface area contributed by atoms with Gasteiger partial charge in [-0.1, -0.05) is 0 Å². The molecule has 0 bridgehead atoms. The third kappa shape index (κ3) is 3.47. The molecule has 8 heteroatoms. The van der Waals surface area contributed by atoms with E-state index in [0.717, 1.165) is 32.7 Å². The van der Waals surface area contributed by atoms with Gasteiger partial charge in [0.2, 0.25) is 5.75 Å². The first-order valence-electron chi connectivity index (χ1n) is 8.68. The Hall–Kier alpha value is -2.32. The third-order valence-electron chi connectivity index (χ3n) is 4.87. The highest BCUT2D eigenvalue weighted by atomic mass is 16.5. The summed E-state index contributed by atoms with van der Waals surface area (Å²) in [5, 5.41) is 0.459. The molecule has 0 radical (unpaired) electrons. The zero-order valence-electron chi connectivity index (χ0n) is 15.8. The van der Waals surface area contributed by atoms with E-state index in [4.69, 9.17) is 14.2 Å². The molecule has 3 rings (SSSR count). The van der Waals surface area contributed by atoms with E-state index in [1.807, 2.05) is 0 Å². The number of benzene rings is 1. The highest BCUT2D eigenvalue weighted by molar-refractivity contribution is 5.89. The van der Waals surface area contributed by atoms with E-state index in [1.165, 1.54) is 21.3 Å². The van der Waals surface area contributed by atoms with Crippen molar-refractivity contribution < 1.29 is 14.2 Å². The van der Waals surface area contributed by atoms with Crippen molar-refractivity contribution in [2.45, 2.75) is 6.54 Å². The van der Waals surface area contributed by atoms with Crippen LogP contribution < -0.4 is 19.8 Å². The van der Waals surface area contributed by atoms with Gasteiger partial charge in [-0.15, -0.1) is 0 Å². The van der Waals surface area contributed by atoms with Crippen molar-refractivity contribution >= 4 is 10.9 Å². The topological polar surface area (TPSA) is 69.1 Å². The SMILES string of the molecule is COc1cc2c(=O)n(CCN3CCN(C)CC3)cnc2c(OC)c1OC. The normalized spacial score (nSPS) is 16.0. The Kier molecular flexibility index (Phi) is 5.63. The Morgan fingerprint density at radius 3 is 2.31 bits per heavy atom. The third-order valence-corrected chi connectivity index (χ3v) is 4.87. The molecule has 0 saturated carbocycles. The smallest absolute Gasteiger partial charge is 0.261 e. The molecule has 1 aromatic carbocycles. The minimum absolute atomic E-state index is 0.108. The Morgan fingerprint density at radius 2 is 1.69 bits per heavy atom. The zero-order valence-corrected chi connectivity index (χ0v) is 15.8. The zero-order chi connectivity index (χ0) is 18.7. The lowest BCUT2D eigenvalue weighted by molar-refractivity contribution is 0.149. The maximum absolute atomic E-state index is 12.9. The Bertz CT molecular complexity index is 828. The fourth-order valence-electron chi connectivity index (χ4n) is 3.25. The number of aromatic nitrogens is 2. The van der Waals surface area contributed by atoms with Crippen LogP contribution in [0.1, 0.15) is 0 Å². The van der Waals surface area contributed by atoms with Crippen LogP contribution in [0.4, 0.5) is 0 Å². The molecule has 2 heterocycles. The number of nitrogens with zero attached hydrogens (tertiary/aromatic N) is 4. The number of ether oxygens (including phenoxy) is 3. The van der Waals surface area contributed by atoms with Crippen molar-refractivity contribution in [3.8, 4) is 17.2 Å². The first-order chi connectivity index (χ1) is 12.6. The lowest BCUT2D eigenvalue weighted by Gasteiger charge is -2.32. The first kappa shape index (κ1) is 18.5. The molecular formula is C18H26N4O4. The van der Waals surface area contributed by atoms with Crippen LogP contribution in [0.3, 0.4) is 0 Å². The standard InChI is InChI=1S/C18H26N4O4/c1-20-5-7-21(8-6-20)9-10-22-12-19-15-13(18(22)23)11-14(24-2)16(25-3)17(15)26-4/h11-12H,5-10H2,1-4H3. The highest BCUT2D eigenvalue weighted by Crippen LogP contribution is 2.41. The Balaban J connectivity index is 1.91. The minimum atomic E-state index is -0.108. The molecule has 1 aliphatic rings. The molecule has 1 aliphatic heterocycles. The predicted molar refractivity (Wildman–Crippen MR) is 99.6 cm³/mol. The molecule has 142 valence electrons. The van der Waals surface area contributed by atoms with Gasteiger partial charge in [0.05, 0.1) is 33.0 Å². The second kappa shape index (κ2) is 7.92. The molecule has 2 aromatic rings. The molecular weight excluding hydrogens is 336 g/mol. The van der Waals surface area contributed by atoms with E-state index >= 15 is 0 Å². The number of piperazine rings is 1. The maximum atomic E-state index is 12.9. The van der Waals surface area contributed by atoms with E-state index in [-0.39, 0.29) is 5.56 Å². The Labute approximate surface area is 152 Å². The van der Waals surface area contributed by atoms with Crippen LogP contribution in [-0.4, -0.2) is 80.5 Å². The summed E-state index contributed by atoms with van der Waals surface area (Å²) in [7, 11) is 6.72. The fourth-order valence-corrected chi connectivity index (χ4v) is 3.25. The van der Waals surface area contributed by atoms with Gasteiger partial charge in [-0.05, 0) is 13.1 Å². The number of hydrogen-bond acceptors (Lipinski definition) is 7. The van der Waals surface area contributed by atoms with Crippen LogP contribution in [0.15, 0.2) is 17.2 Å². The summed E-state index contributed by atoms with van der Waals surface area (Å²) in [6.45, 7) is 5.57. The van der Waals surface area contributed by atoms with Gasteiger partial charge in [-0.3, -0.25) is 14.3 Å². The van der Waals surface area contributed by atoms with Crippen LogP contribution in [0.25, 0.3) is 10.9 Å². The summed E-state index contributed by atoms with van der Waals surface area (Å²) in [5.41, 5.74) is 0.370. The van der Waals surface area contributed by atoms with Crippen molar-refractivity contribution in [2.75, 3.05) is 61.1 Å². The molecule has 0 aliphatic carbocycles. The van der Waals surface area contributed by atoms with Gasteiger partial charge in [0.15, 0.2) is 11.5 Å². The van der Waals surface area contributed by atoms with Crippen LogP contribution >= 0.6 is 0 Å². The molecule has 26 heavy (non-hydrogen) atoms. The van der Waals surface area contributed by atoms with Gasteiger partial charge in [-0.25, -0.2) is 4.98 Å². The maximum Gasteiger partial charge on any atom is 0.261 e. The number of hydrogen-bond donors (Lipinski definition) is 0. The largest absolute Gasteiger partial charge is 0.493 e. The molecule has 0 spiro atoms. The van der Waals surface area contributed by atoms with Crippen LogP contribution in [0, 0.1) is 0 Å². The summed E-state index contributed by atoms with van der Waals surface area (Å²) in [5.74, 6) is 1.29. The minimum Gasteiger partial charge on any atom is -0.493 e. The van der Waals surface area contributed by atoms with Crippen molar-refractivity contribution in [3.05, 3.63) is 22.7 Å².